The van der Waals surface area contributed by atoms with Gasteiger partial charge in [-0.15, -0.1) is 0 Å². The molecular weight excluding hydrogens is 592 g/mol. The normalized spacial score (nSPS) is 13.1. The van der Waals surface area contributed by atoms with Crippen molar-refractivity contribution in [3.05, 3.63) is 87.9 Å². The third-order valence-corrected chi connectivity index (χ3v) is 6.62. The van der Waals surface area contributed by atoms with Crippen LogP contribution in [0.4, 0.5) is 18.9 Å². The number of hydrogen-bond acceptors (Lipinski definition) is 8. The SMILES string of the molecule is C=C(N)C(F)(F)F.C=C(NC(C)C1CC1)c1cc(Cl)cc(Cl)c1NC.Cc1cccnc1-n1nc(CNN)cc1C=O. The van der Waals surface area contributed by atoms with Gasteiger partial charge in [-0.2, -0.15) is 18.3 Å². The lowest BCUT2D eigenvalue weighted by Gasteiger charge is -2.20. The largest absolute Gasteiger partial charge is 0.430 e. The highest BCUT2D eigenvalue weighted by Gasteiger charge is 2.29. The number of hydrazine groups is 1. The molecule has 42 heavy (non-hydrogen) atoms. The summed E-state index contributed by atoms with van der Waals surface area (Å²) in [5, 5.41) is 12.1. The van der Waals surface area contributed by atoms with E-state index in [9.17, 15) is 18.0 Å². The van der Waals surface area contributed by atoms with Crippen LogP contribution >= 0.6 is 23.2 Å². The second-order valence-corrected chi connectivity index (χ2v) is 10.3. The number of hydrogen-bond donors (Lipinski definition) is 5. The Labute approximate surface area is 253 Å². The zero-order valence-corrected chi connectivity index (χ0v) is 25.0. The first-order chi connectivity index (χ1) is 19.7. The Bertz CT molecular complexity index is 1390. The molecule has 228 valence electrons. The number of nitrogens with one attached hydrogen (secondary N) is 3. The molecule has 4 rings (SSSR count). The van der Waals surface area contributed by atoms with Crippen LogP contribution in [-0.4, -0.2) is 40.3 Å². The average molecular weight is 628 g/mol. The lowest BCUT2D eigenvalue weighted by Crippen LogP contribution is -2.26. The predicted octanol–water partition coefficient (Wildman–Crippen LogP) is 5.77. The molecule has 3 aromatic rings. The van der Waals surface area contributed by atoms with Crippen LogP contribution < -0.4 is 27.6 Å². The van der Waals surface area contributed by atoms with Gasteiger partial charge in [-0.25, -0.2) is 9.67 Å². The summed E-state index contributed by atoms with van der Waals surface area (Å²) in [6, 6.07) is 9.50. The van der Waals surface area contributed by atoms with Crippen molar-refractivity contribution in [1.82, 2.24) is 25.5 Å². The van der Waals surface area contributed by atoms with Gasteiger partial charge in [-0.1, -0.05) is 42.4 Å². The van der Waals surface area contributed by atoms with Crippen molar-refractivity contribution in [2.45, 2.75) is 45.5 Å². The fraction of sp³-hybridized carbons (Fsp3) is 0.321. The van der Waals surface area contributed by atoms with Crippen molar-refractivity contribution in [3.63, 3.8) is 0 Å². The molecule has 0 aliphatic heterocycles. The highest BCUT2D eigenvalue weighted by molar-refractivity contribution is 6.37. The topological polar surface area (TPSA) is 136 Å². The van der Waals surface area contributed by atoms with Gasteiger partial charge in [0.1, 0.15) is 11.4 Å². The lowest BCUT2D eigenvalue weighted by molar-refractivity contribution is -0.0922. The summed E-state index contributed by atoms with van der Waals surface area (Å²) in [6.45, 7) is 11.1. The number of aromatic nitrogens is 3. The maximum Gasteiger partial charge on any atom is 0.430 e. The van der Waals surface area contributed by atoms with E-state index in [1.54, 1.807) is 18.3 Å². The molecule has 1 fully saturated rings. The third-order valence-electron chi connectivity index (χ3n) is 6.10. The molecule has 2 aromatic heterocycles. The Morgan fingerprint density at radius 2 is 1.90 bits per heavy atom. The summed E-state index contributed by atoms with van der Waals surface area (Å²) >= 11 is 12.2. The van der Waals surface area contributed by atoms with Gasteiger partial charge in [0, 0.05) is 35.6 Å². The van der Waals surface area contributed by atoms with Crippen LogP contribution in [0.15, 0.2) is 55.4 Å². The van der Waals surface area contributed by atoms with Crippen molar-refractivity contribution in [2.75, 3.05) is 12.4 Å². The molecule has 1 aliphatic carbocycles. The first-order valence-electron chi connectivity index (χ1n) is 12.8. The molecule has 9 nitrogen and oxygen atoms in total. The number of nitrogens with zero attached hydrogens (tertiary/aromatic N) is 3. The predicted molar refractivity (Wildman–Crippen MR) is 162 cm³/mol. The molecule has 7 N–H and O–H groups in total. The molecule has 0 spiro atoms. The van der Waals surface area contributed by atoms with Crippen molar-refractivity contribution >= 4 is 40.9 Å². The number of allylic oxidation sites excluding steroid dienone is 1. The van der Waals surface area contributed by atoms with Gasteiger partial charge in [0.15, 0.2) is 12.1 Å². The van der Waals surface area contributed by atoms with Gasteiger partial charge in [0.2, 0.25) is 0 Å². The zero-order valence-electron chi connectivity index (χ0n) is 23.5. The van der Waals surface area contributed by atoms with E-state index in [2.05, 4.69) is 52.0 Å². The van der Waals surface area contributed by atoms with E-state index in [-0.39, 0.29) is 0 Å². The van der Waals surface area contributed by atoms with E-state index in [0.717, 1.165) is 34.7 Å². The summed E-state index contributed by atoms with van der Waals surface area (Å²) in [5.41, 5.74) is 10.3. The maximum atomic E-state index is 11.0. The van der Waals surface area contributed by atoms with Gasteiger partial charge >= 0.3 is 6.18 Å². The van der Waals surface area contributed by atoms with Crippen LogP contribution in [0.5, 0.6) is 0 Å². The number of carbonyl (C=O) groups excluding carboxylic acids is 1. The highest BCUT2D eigenvalue weighted by Crippen LogP contribution is 2.36. The molecule has 14 heteroatoms. The van der Waals surface area contributed by atoms with Crippen molar-refractivity contribution in [3.8, 4) is 5.82 Å². The summed E-state index contributed by atoms with van der Waals surface area (Å²) < 4.78 is 34.4. The molecule has 1 atom stereocenters. The van der Waals surface area contributed by atoms with E-state index in [1.807, 2.05) is 32.2 Å². The zero-order chi connectivity index (χ0) is 31.6. The van der Waals surface area contributed by atoms with Gasteiger partial charge in [-0.3, -0.25) is 16.1 Å². The van der Waals surface area contributed by atoms with Crippen LogP contribution in [-0.2, 0) is 6.54 Å². The Morgan fingerprint density at radius 1 is 1.26 bits per heavy atom. The van der Waals surface area contributed by atoms with Crippen molar-refractivity contribution in [1.29, 1.82) is 0 Å². The smallest absolute Gasteiger partial charge is 0.395 e. The van der Waals surface area contributed by atoms with Crippen LogP contribution in [0.2, 0.25) is 10.0 Å². The standard InChI is InChI=1S/C14H18Cl2N2.C11H13N5O.C3H4F3N/c1-8(10-4-5-10)18-9(2)12-6-11(15)7-13(16)14(12)17-3;1-8-3-2-4-13-11(8)16-10(7-17)5-9(15-16)6-14-12;1-2(7)3(4,5)6/h6-8,10,17-18H,2,4-5H2,1,3H3;2-5,7,14H,6,12H2,1H3;1,7H2. The Morgan fingerprint density at radius 3 is 2.40 bits per heavy atom. The molecule has 0 radical (unpaired) electrons. The quantitative estimate of drug-likeness (QED) is 0.115. The molecule has 1 saturated carbocycles. The van der Waals surface area contributed by atoms with E-state index in [0.29, 0.717) is 39.8 Å². The molecule has 0 bridgehead atoms. The maximum absolute atomic E-state index is 11.0. The second-order valence-electron chi connectivity index (χ2n) is 9.45. The molecular formula is C28H35Cl2F3N8O. The van der Waals surface area contributed by atoms with Crippen molar-refractivity contribution in [2.24, 2.45) is 17.5 Å². The van der Waals surface area contributed by atoms with Crippen LogP contribution in [0.3, 0.4) is 0 Å². The molecule has 2 heterocycles. The number of anilines is 1. The van der Waals surface area contributed by atoms with Crippen LogP contribution in [0.1, 0.15) is 47.1 Å². The Hall–Kier alpha value is -3.58. The Kier molecular flexibility index (Phi) is 12.9. The fourth-order valence-corrected chi connectivity index (χ4v) is 4.31. The Balaban J connectivity index is 0.000000241. The number of benzene rings is 1. The second kappa shape index (κ2) is 15.6. The molecule has 0 saturated heterocycles. The average Bonchev–Trinajstić information content (AvgIpc) is 3.70. The van der Waals surface area contributed by atoms with E-state index < -0.39 is 11.9 Å². The number of halogens is 5. The molecule has 1 unspecified atom stereocenters. The highest BCUT2D eigenvalue weighted by atomic mass is 35.5. The van der Waals surface area contributed by atoms with Gasteiger partial charge in [0.25, 0.3) is 0 Å². The first kappa shape index (κ1) is 34.6. The van der Waals surface area contributed by atoms with Gasteiger partial charge in [-0.05, 0) is 62.4 Å². The van der Waals surface area contributed by atoms with Gasteiger partial charge < -0.3 is 16.4 Å². The van der Waals surface area contributed by atoms with E-state index >= 15 is 0 Å². The number of pyridine rings is 1. The van der Waals surface area contributed by atoms with Gasteiger partial charge in [0.05, 0.1) is 22.9 Å². The number of nitrogens with two attached hydrogens (primary N) is 2. The van der Waals surface area contributed by atoms with E-state index in [1.165, 1.54) is 17.5 Å². The monoisotopic (exact) mass is 626 g/mol. The van der Waals surface area contributed by atoms with Crippen LogP contribution in [0.25, 0.3) is 11.5 Å². The summed E-state index contributed by atoms with van der Waals surface area (Å²) in [5.74, 6) is 6.65. The van der Waals surface area contributed by atoms with Crippen molar-refractivity contribution < 1.29 is 18.0 Å². The molecule has 1 aromatic carbocycles. The minimum atomic E-state index is -4.42. The van der Waals surface area contributed by atoms with Crippen LogP contribution in [0, 0.1) is 12.8 Å². The molecule has 1 aliphatic rings. The number of carbonyl (C=O) groups is 1. The minimum Gasteiger partial charge on any atom is -0.395 e. The summed E-state index contributed by atoms with van der Waals surface area (Å²) in [6.07, 6.45) is 0.605. The number of aldehydes is 1. The summed E-state index contributed by atoms with van der Waals surface area (Å²) in [4.78, 5) is 15.2. The first-order valence-corrected chi connectivity index (χ1v) is 13.5. The number of alkyl halides is 3. The summed E-state index contributed by atoms with van der Waals surface area (Å²) in [7, 11) is 1.84. The fourth-order valence-electron chi connectivity index (χ4n) is 3.72. The minimum absolute atomic E-state index is 0.403. The third kappa shape index (κ3) is 10.1. The number of aryl methyl sites for hydroxylation is 1. The molecule has 0 amide bonds. The lowest BCUT2D eigenvalue weighted by atomic mass is 10.1. The van der Waals surface area contributed by atoms with E-state index in [4.69, 9.17) is 29.0 Å². The number of rotatable bonds is 9.